The summed E-state index contributed by atoms with van der Waals surface area (Å²) in [6.07, 6.45) is -0.366. The molecule has 1 heterocycles. The summed E-state index contributed by atoms with van der Waals surface area (Å²) in [5.41, 5.74) is -0.109. The third-order valence-corrected chi connectivity index (χ3v) is 3.88. The Balaban J connectivity index is 1.91. The molecule has 23 heavy (non-hydrogen) atoms. The van der Waals surface area contributed by atoms with Crippen molar-refractivity contribution >= 4 is 12.0 Å². The van der Waals surface area contributed by atoms with Crippen molar-refractivity contribution < 1.29 is 18.0 Å². The van der Waals surface area contributed by atoms with Gasteiger partial charge in [-0.25, -0.2) is 0 Å². The fourth-order valence-corrected chi connectivity index (χ4v) is 2.75. The SMILES string of the molecule is CN(C)C[C@H]1CCN(C(=O)/C=C\c2ccc(C(F)(F)F)cc2)C1. The molecule has 1 aromatic carbocycles. The molecule has 0 N–H and O–H groups in total. The van der Waals surface area contributed by atoms with Crippen molar-refractivity contribution in [2.45, 2.75) is 12.6 Å². The molecule has 0 spiro atoms. The molecule has 0 unspecified atom stereocenters. The Morgan fingerprint density at radius 1 is 1.30 bits per heavy atom. The van der Waals surface area contributed by atoms with Crippen LogP contribution in [0.15, 0.2) is 30.3 Å². The van der Waals surface area contributed by atoms with E-state index in [1.807, 2.05) is 14.1 Å². The molecule has 1 atom stereocenters. The Morgan fingerprint density at radius 3 is 2.52 bits per heavy atom. The van der Waals surface area contributed by atoms with Crippen molar-refractivity contribution in [3.05, 3.63) is 41.5 Å². The first-order valence-corrected chi connectivity index (χ1v) is 7.54. The number of benzene rings is 1. The Bertz CT molecular complexity index is 564. The van der Waals surface area contributed by atoms with Crippen molar-refractivity contribution in [1.82, 2.24) is 9.80 Å². The van der Waals surface area contributed by atoms with Gasteiger partial charge in [0.25, 0.3) is 0 Å². The minimum absolute atomic E-state index is 0.0915. The van der Waals surface area contributed by atoms with Crippen LogP contribution in [0.3, 0.4) is 0 Å². The number of alkyl halides is 3. The first kappa shape index (κ1) is 17.5. The highest BCUT2D eigenvalue weighted by Crippen LogP contribution is 2.29. The van der Waals surface area contributed by atoms with Gasteiger partial charge in [-0.3, -0.25) is 4.79 Å². The standard InChI is InChI=1S/C17H21F3N2O/c1-21(2)11-14-9-10-22(12-14)16(23)8-5-13-3-6-15(7-4-13)17(18,19)20/h3-8,14H,9-12H2,1-2H3/b8-5-/t14-/m1/s1. The highest BCUT2D eigenvalue weighted by atomic mass is 19.4. The van der Waals surface area contributed by atoms with Crippen LogP contribution < -0.4 is 0 Å². The molecule has 0 radical (unpaired) electrons. The average Bonchev–Trinajstić information content (AvgIpc) is 2.92. The molecule has 1 aliphatic heterocycles. The average molecular weight is 326 g/mol. The normalized spacial score (nSPS) is 19.0. The topological polar surface area (TPSA) is 23.6 Å². The van der Waals surface area contributed by atoms with Crippen LogP contribution in [-0.2, 0) is 11.0 Å². The molecule has 1 saturated heterocycles. The number of halogens is 3. The zero-order chi connectivity index (χ0) is 17.0. The molecule has 1 fully saturated rings. The van der Waals surface area contributed by atoms with Gasteiger partial charge in [-0.2, -0.15) is 13.2 Å². The molecule has 126 valence electrons. The zero-order valence-electron chi connectivity index (χ0n) is 13.3. The number of nitrogens with zero attached hydrogens (tertiary/aromatic N) is 2. The second-order valence-electron chi connectivity index (χ2n) is 6.15. The fourth-order valence-electron chi connectivity index (χ4n) is 2.75. The highest BCUT2D eigenvalue weighted by molar-refractivity contribution is 5.91. The lowest BCUT2D eigenvalue weighted by Gasteiger charge is -2.17. The lowest BCUT2D eigenvalue weighted by atomic mass is 10.1. The second-order valence-corrected chi connectivity index (χ2v) is 6.15. The van der Waals surface area contributed by atoms with Crippen LogP contribution in [0.1, 0.15) is 17.5 Å². The van der Waals surface area contributed by atoms with Gasteiger partial charge < -0.3 is 9.80 Å². The summed E-state index contributed by atoms with van der Waals surface area (Å²) in [6, 6.07) is 4.77. The highest BCUT2D eigenvalue weighted by Gasteiger charge is 2.30. The molecule has 2 rings (SSSR count). The van der Waals surface area contributed by atoms with E-state index in [4.69, 9.17) is 0 Å². The van der Waals surface area contributed by atoms with Gasteiger partial charge in [0.1, 0.15) is 0 Å². The van der Waals surface area contributed by atoms with Gasteiger partial charge in [-0.05, 0) is 50.2 Å². The largest absolute Gasteiger partial charge is 0.416 e. The number of hydrogen-bond donors (Lipinski definition) is 0. The van der Waals surface area contributed by atoms with Crippen LogP contribution in [0.2, 0.25) is 0 Å². The summed E-state index contributed by atoms with van der Waals surface area (Å²) in [7, 11) is 4.02. The van der Waals surface area contributed by atoms with Crippen LogP contribution in [0, 0.1) is 5.92 Å². The molecular formula is C17H21F3N2O. The number of carbonyl (C=O) groups excluding carboxylic acids is 1. The van der Waals surface area contributed by atoms with E-state index < -0.39 is 11.7 Å². The summed E-state index contributed by atoms with van der Waals surface area (Å²) in [6.45, 7) is 2.41. The van der Waals surface area contributed by atoms with E-state index in [1.165, 1.54) is 18.2 Å². The summed E-state index contributed by atoms with van der Waals surface area (Å²) in [5.74, 6) is 0.388. The molecule has 1 aromatic rings. The van der Waals surface area contributed by atoms with E-state index in [1.54, 1.807) is 11.0 Å². The third kappa shape index (κ3) is 5.10. The van der Waals surface area contributed by atoms with E-state index in [-0.39, 0.29) is 5.91 Å². The van der Waals surface area contributed by atoms with Gasteiger partial charge in [-0.1, -0.05) is 12.1 Å². The number of amides is 1. The molecule has 0 bridgehead atoms. The Hall–Kier alpha value is -1.82. The van der Waals surface area contributed by atoms with Crippen molar-refractivity contribution in [3.8, 4) is 0 Å². The fraction of sp³-hybridized carbons (Fsp3) is 0.471. The van der Waals surface area contributed by atoms with Gasteiger partial charge in [0.15, 0.2) is 0 Å². The van der Waals surface area contributed by atoms with Gasteiger partial charge in [0.2, 0.25) is 5.91 Å². The van der Waals surface area contributed by atoms with Gasteiger partial charge in [0, 0.05) is 25.7 Å². The van der Waals surface area contributed by atoms with E-state index in [0.29, 0.717) is 11.5 Å². The van der Waals surface area contributed by atoms with Crippen molar-refractivity contribution in [2.24, 2.45) is 5.92 Å². The smallest absolute Gasteiger partial charge is 0.339 e. The maximum atomic E-state index is 12.5. The predicted octanol–water partition coefficient (Wildman–Crippen LogP) is 3.13. The molecular weight excluding hydrogens is 305 g/mol. The second kappa shape index (κ2) is 7.17. The lowest BCUT2D eigenvalue weighted by Crippen LogP contribution is -2.29. The van der Waals surface area contributed by atoms with E-state index in [9.17, 15) is 18.0 Å². The minimum atomic E-state index is -4.34. The molecule has 0 aromatic heterocycles. The minimum Gasteiger partial charge on any atom is -0.339 e. The molecule has 0 saturated carbocycles. The molecule has 0 aliphatic carbocycles. The number of rotatable bonds is 4. The number of carbonyl (C=O) groups is 1. The summed E-state index contributed by atoms with van der Waals surface area (Å²) < 4.78 is 37.4. The summed E-state index contributed by atoms with van der Waals surface area (Å²) in [4.78, 5) is 16.0. The maximum absolute atomic E-state index is 12.5. The van der Waals surface area contributed by atoms with Crippen LogP contribution in [0.5, 0.6) is 0 Å². The monoisotopic (exact) mass is 326 g/mol. The van der Waals surface area contributed by atoms with E-state index >= 15 is 0 Å². The van der Waals surface area contributed by atoms with Crippen molar-refractivity contribution in [3.63, 3.8) is 0 Å². The van der Waals surface area contributed by atoms with Crippen molar-refractivity contribution in [1.29, 1.82) is 0 Å². The van der Waals surface area contributed by atoms with Crippen LogP contribution in [0.4, 0.5) is 13.2 Å². The van der Waals surface area contributed by atoms with Crippen LogP contribution in [-0.4, -0.2) is 49.4 Å². The summed E-state index contributed by atoms with van der Waals surface area (Å²) in [5, 5.41) is 0. The maximum Gasteiger partial charge on any atom is 0.416 e. The van der Waals surface area contributed by atoms with Gasteiger partial charge >= 0.3 is 6.18 Å². The van der Waals surface area contributed by atoms with Crippen LogP contribution >= 0.6 is 0 Å². The van der Waals surface area contributed by atoms with E-state index in [0.717, 1.165) is 38.2 Å². The Kier molecular flexibility index (Phi) is 5.46. The van der Waals surface area contributed by atoms with Gasteiger partial charge in [0.05, 0.1) is 5.56 Å². The van der Waals surface area contributed by atoms with E-state index in [2.05, 4.69) is 4.90 Å². The van der Waals surface area contributed by atoms with Gasteiger partial charge in [-0.15, -0.1) is 0 Å². The lowest BCUT2D eigenvalue weighted by molar-refractivity contribution is -0.137. The Labute approximate surface area is 134 Å². The quantitative estimate of drug-likeness (QED) is 0.794. The first-order chi connectivity index (χ1) is 10.8. The number of likely N-dealkylation sites (tertiary alicyclic amines) is 1. The zero-order valence-corrected chi connectivity index (χ0v) is 13.3. The molecule has 1 aliphatic rings. The Morgan fingerprint density at radius 2 is 1.96 bits per heavy atom. The number of hydrogen-bond acceptors (Lipinski definition) is 2. The molecule has 1 amide bonds. The molecule has 6 heteroatoms. The third-order valence-electron chi connectivity index (χ3n) is 3.88. The first-order valence-electron chi connectivity index (χ1n) is 7.54. The molecule has 3 nitrogen and oxygen atoms in total. The van der Waals surface area contributed by atoms with Crippen LogP contribution in [0.25, 0.3) is 6.08 Å². The summed E-state index contributed by atoms with van der Waals surface area (Å²) >= 11 is 0. The predicted molar refractivity (Wildman–Crippen MR) is 83.7 cm³/mol. The van der Waals surface area contributed by atoms with Crippen molar-refractivity contribution in [2.75, 3.05) is 33.7 Å².